The quantitative estimate of drug-likeness (QED) is 0.0373. The van der Waals surface area contributed by atoms with Gasteiger partial charge in [-0.05, 0) is 165 Å². The first-order valence-corrected chi connectivity index (χ1v) is 46.0. The summed E-state index contributed by atoms with van der Waals surface area (Å²) >= 11 is 6.96. The molecule has 4 saturated heterocycles. The second-order valence-electron chi connectivity index (χ2n) is 31.0. The third-order valence-electron chi connectivity index (χ3n) is 21.5. The number of fused-ring (bicyclic) bond motifs is 12. The molecular weight excluding hydrogens is 1640 g/mol. The van der Waals surface area contributed by atoms with E-state index >= 15 is 0 Å². The molecule has 4 aliphatic carbocycles. The third-order valence-corrected chi connectivity index (χ3v) is 26.8. The Hall–Kier alpha value is -10.6. The molecule has 4 aromatic carbocycles. The molecule has 0 unspecified atom stereocenters. The maximum absolute atomic E-state index is 11.6. The van der Waals surface area contributed by atoms with Gasteiger partial charge in [0, 0.05) is 138 Å². The van der Waals surface area contributed by atoms with Gasteiger partial charge < -0.3 is 51.4 Å². The molecule has 122 heavy (non-hydrogen) atoms. The van der Waals surface area contributed by atoms with E-state index in [1.165, 1.54) is 68.7 Å². The van der Waals surface area contributed by atoms with E-state index in [0.29, 0.717) is 29.5 Å². The van der Waals surface area contributed by atoms with E-state index in [-0.39, 0.29) is 16.7 Å². The van der Waals surface area contributed by atoms with Gasteiger partial charge in [0.15, 0.2) is 0 Å². The van der Waals surface area contributed by atoms with Crippen LogP contribution >= 0.6 is 45.3 Å². The number of amides is 2. The highest BCUT2D eigenvalue weighted by Gasteiger charge is 2.30. The normalized spacial score (nSPS) is 16.1. The number of sulfonamides is 1. The number of benzene rings is 4. The Morgan fingerprint density at radius 1 is 0.393 bits per heavy atom. The molecule has 20 rings (SSSR count). The predicted molar refractivity (Wildman–Crippen MR) is 477 cm³/mol. The first-order chi connectivity index (χ1) is 59.4. The van der Waals surface area contributed by atoms with Crippen LogP contribution in [-0.4, -0.2) is 205 Å². The van der Waals surface area contributed by atoms with Crippen molar-refractivity contribution in [2.45, 2.75) is 110 Å². The molecule has 0 spiro atoms. The average molecular weight is 1740 g/mol. The second-order valence-corrected chi connectivity index (χ2v) is 36.9. The van der Waals surface area contributed by atoms with Gasteiger partial charge in [-0.15, -0.1) is 45.3 Å². The number of rotatable bonds is 19. The van der Waals surface area contributed by atoms with Crippen LogP contribution in [0.15, 0.2) is 121 Å². The van der Waals surface area contributed by atoms with E-state index in [4.69, 9.17) is 59.2 Å². The van der Waals surface area contributed by atoms with Gasteiger partial charge in [0.25, 0.3) is 0 Å². The second kappa shape index (κ2) is 38.5. The van der Waals surface area contributed by atoms with Gasteiger partial charge in [-0.3, -0.25) is 29.2 Å². The summed E-state index contributed by atoms with van der Waals surface area (Å²) in [6.45, 7) is 25.4. The molecule has 36 heteroatoms. The van der Waals surface area contributed by atoms with Crippen molar-refractivity contribution in [1.29, 1.82) is 0 Å². The monoisotopic (exact) mass is 1740 g/mol. The van der Waals surface area contributed by atoms with Gasteiger partial charge in [0.1, 0.15) is 20.0 Å². The van der Waals surface area contributed by atoms with E-state index < -0.39 is 10.0 Å². The van der Waals surface area contributed by atoms with Crippen LogP contribution in [0.1, 0.15) is 90.0 Å². The van der Waals surface area contributed by atoms with E-state index in [1.54, 1.807) is 57.5 Å². The number of piperazine rings is 1. The van der Waals surface area contributed by atoms with Crippen LogP contribution in [-0.2, 0) is 111 Å². The molecule has 9 N–H and O–H groups in total. The average Bonchev–Trinajstić information content (AvgIpc) is 1.62. The summed E-state index contributed by atoms with van der Waals surface area (Å²) in [7, 11) is -3.78. The standard InChI is InChI=1S/C22H25N7OS.C22H24N6O2S.C22H25N5OS.C20H22N6O3S2/c1-14(30)25-16-3-2-4-17(11-16)26-22-24-12-15-5-6-18-21(20(15)28-22)31-19(27-18)13-29-9-7-23-8-10-29;1-14(29)24-16-3-2-4-17(11-16)25-22-23-12-15-5-6-18-21(20(15)27-22)31-19(26-18)13-28-7-9-30-10-8-28;1-14-9-15(2)11-17(10-14)24-22-23-12-16-3-4-18-21(20(16)26-22)29-19(25-18)13-27-5-7-28-8-6-27;21-31(27,28)15-3-1-2-14(10-15)23-20-22-11-13-4-5-16-19(18(13)25-20)30-17(24-16)12-26-6-8-29-9-7-26/h2-4,11-12,23H,5-10,13H2,1H3,(H,25,30)(H,24,26,28);2-4,11-12H,5-10,13H2,1H3,(H,24,29)(H,23,25,27);9-12H,3-8,13H2,1-2H3,(H,23,24,26);1-3,10-11H,4-9,12H2,(H2,21,27,28)(H,22,23,25). The largest absolute Gasteiger partial charge is 0.379 e. The molecule has 2 amide bonds. The van der Waals surface area contributed by atoms with Gasteiger partial charge in [-0.25, -0.2) is 73.4 Å². The fourth-order valence-electron chi connectivity index (χ4n) is 15.7. The zero-order valence-corrected chi connectivity index (χ0v) is 72.5. The number of carbonyl (C=O) groups excluding carboxylic acids is 2. The summed E-state index contributed by atoms with van der Waals surface area (Å²) in [5.41, 5.74) is 20.2. The molecule has 632 valence electrons. The summed E-state index contributed by atoms with van der Waals surface area (Å²) in [6.07, 6.45) is 15.0. The molecule has 0 atom stereocenters. The summed E-state index contributed by atoms with van der Waals surface area (Å²) in [4.78, 5) is 93.8. The fraction of sp³-hybridized carbons (Fsp3) is 0.372. The number of morpholine rings is 3. The molecule has 4 aliphatic heterocycles. The first kappa shape index (κ1) is 83.7. The van der Waals surface area contributed by atoms with Crippen molar-refractivity contribution in [3.8, 4) is 42.3 Å². The van der Waals surface area contributed by atoms with E-state index in [9.17, 15) is 18.0 Å². The third kappa shape index (κ3) is 21.4. The number of ether oxygens (including phenoxy) is 3. The van der Waals surface area contributed by atoms with Crippen molar-refractivity contribution in [1.82, 2.24) is 84.7 Å². The highest BCUT2D eigenvalue weighted by Crippen LogP contribution is 2.43. The Bertz CT molecular complexity index is 5700. The number of anilines is 10. The lowest BCUT2D eigenvalue weighted by molar-refractivity contribution is -0.115. The van der Waals surface area contributed by atoms with Crippen molar-refractivity contribution in [2.75, 3.05) is 137 Å². The Kier molecular flexibility index (Phi) is 26.4. The Morgan fingerprint density at radius 2 is 0.697 bits per heavy atom. The minimum Gasteiger partial charge on any atom is -0.379 e. The lowest BCUT2D eigenvalue weighted by Gasteiger charge is -2.26. The van der Waals surface area contributed by atoms with Gasteiger partial charge in [0.2, 0.25) is 45.6 Å². The highest BCUT2D eigenvalue weighted by molar-refractivity contribution is 7.89. The number of thiazole rings is 4. The lowest BCUT2D eigenvalue weighted by atomic mass is 10.00. The van der Waals surface area contributed by atoms with E-state index in [1.807, 2.05) is 73.3 Å². The molecule has 8 aromatic heterocycles. The zero-order chi connectivity index (χ0) is 83.6. The van der Waals surface area contributed by atoms with Crippen molar-refractivity contribution in [3.05, 3.63) is 192 Å². The summed E-state index contributed by atoms with van der Waals surface area (Å²) in [5.74, 6) is 1.92. The number of nitrogens with two attached hydrogens (primary N) is 1. The molecule has 0 radical (unpaired) electrons. The molecule has 0 saturated carbocycles. The summed E-state index contributed by atoms with van der Waals surface area (Å²) < 4.78 is 39.6. The number of nitrogens with one attached hydrogen (secondary N) is 7. The molecule has 0 bridgehead atoms. The fourth-order valence-corrected chi connectivity index (χ4v) is 20.9. The van der Waals surface area contributed by atoms with Crippen molar-refractivity contribution < 1.29 is 32.2 Å². The number of nitrogens with zero attached hydrogens (tertiary/aromatic N) is 16. The van der Waals surface area contributed by atoms with Crippen LogP contribution in [0.4, 0.5) is 57.9 Å². The molecule has 4 fully saturated rings. The Labute approximate surface area is 723 Å². The molecule has 31 nitrogen and oxygen atoms in total. The van der Waals surface area contributed by atoms with Crippen LogP contribution in [0.3, 0.4) is 0 Å². The van der Waals surface area contributed by atoms with Gasteiger partial charge >= 0.3 is 0 Å². The predicted octanol–water partition coefficient (Wildman–Crippen LogP) is 11.9. The highest BCUT2D eigenvalue weighted by atomic mass is 32.2. The van der Waals surface area contributed by atoms with Crippen LogP contribution < -0.4 is 42.4 Å². The van der Waals surface area contributed by atoms with Crippen molar-refractivity contribution >= 4 is 125 Å². The SMILES string of the molecule is CC(=O)Nc1cccc(Nc2ncc3c(n2)-c2sc(CN4CCNCC4)nc2CC3)c1.CC(=O)Nc1cccc(Nc2ncc3c(n2)-c2sc(CN4CCOCC4)nc2CC3)c1.Cc1cc(C)cc(Nc2ncc3c(n2)-c2sc(CN4CCOCC4)nc2CC3)c1.NS(=O)(=O)c1cccc(Nc2ncc3c(n2)-c2sc(CN4CCOCC4)nc2CC3)c1. The van der Waals surface area contributed by atoms with Gasteiger partial charge in [-0.1, -0.05) is 24.3 Å². The Morgan fingerprint density at radius 3 is 1.02 bits per heavy atom. The molecular formula is C86H96N24O7S5. The van der Waals surface area contributed by atoms with Crippen LogP contribution in [0.5, 0.6) is 0 Å². The topological polar surface area (TPSA) is 374 Å². The number of carbonyl (C=O) groups is 2. The number of aryl methyl sites for hydroxylation is 10. The van der Waals surface area contributed by atoms with E-state index in [2.05, 4.69) is 109 Å². The molecule has 12 heterocycles. The van der Waals surface area contributed by atoms with Crippen molar-refractivity contribution in [2.24, 2.45) is 5.14 Å². The molecule has 12 aromatic rings. The van der Waals surface area contributed by atoms with E-state index in [0.717, 1.165) is 287 Å². The van der Waals surface area contributed by atoms with Crippen LogP contribution in [0.25, 0.3) is 42.3 Å². The Balaban J connectivity index is 0.000000116. The van der Waals surface area contributed by atoms with Crippen LogP contribution in [0, 0.1) is 13.8 Å². The number of aromatic nitrogens is 12. The van der Waals surface area contributed by atoms with Gasteiger partial charge in [-0.2, -0.15) is 0 Å². The lowest BCUT2D eigenvalue weighted by Crippen LogP contribution is -2.42. The number of hydrogen-bond acceptors (Lipinski definition) is 32. The number of primary sulfonamides is 1. The number of hydrogen-bond donors (Lipinski definition) is 8. The zero-order valence-electron chi connectivity index (χ0n) is 68.4. The maximum atomic E-state index is 11.6. The first-order valence-electron chi connectivity index (χ1n) is 41.1. The van der Waals surface area contributed by atoms with Gasteiger partial charge in [0.05, 0.1) is 136 Å². The summed E-state index contributed by atoms with van der Waals surface area (Å²) in [6, 6.07) is 27.7. The van der Waals surface area contributed by atoms with Crippen LogP contribution in [0.2, 0.25) is 0 Å². The van der Waals surface area contributed by atoms with Crippen molar-refractivity contribution in [3.63, 3.8) is 0 Å². The summed E-state index contributed by atoms with van der Waals surface area (Å²) in [5, 5.41) is 31.8. The minimum absolute atomic E-state index is 0.0351. The smallest absolute Gasteiger partial charge is 0.238 e. The maximum Gasteiger partial charge on any atom is 0.238 e. The molecule has 8 aliphatic rings. The minimum atomic E-state index is -3.78.